The Morgan fingerprint density at radius 2 is 2.00 bits per heavy atom. The molecule has 0 radical (unpaired) electrons. The van der Waals surface area contributed by atoms with Crippen molar-refractivity contribution in [2.45, 2.75) is 39.5 Å². The number of phenolic OH excluding ortho intramolecular Hbond substituents is 1. The summed E-state index contributed by atoms with van der Waals surface area (Å²) in [6.07, 6.45) is 3.29. The molecular weight excluding hydrogens is 276 g/mol. The number of rotatable bonds is 1. The first-order valence-corrected chi connectivity index (χ1v) is 6.82. The molecule has 92 valence electrons. The third kappa shape index (κ3) is 1.93. The number of hydrogen-bond acceptors (Lipinski definition) is 1. The molecule has 0 saturated heterocycles. The molecule has 0 heterocycles. The second-order valence-corrected chi connectivity index (χ2v) is 6.26. The molecule has 0 saturated carbocycles. The lowest BCUT2D eigenvalue weighted by molar-refractivity contribution is 0.364. The Morgan fingerprint density at radius 1 is 1.35 bits per heavy atom. The monoisotopic (exact) mass is 294 g/mol. The van der Waals surface area contributed by atoms with E-state index in [1.54, 1.807) is 0 Å². The number of aromatic hydroxyl groups is 1. The highest BCUT2D eigenvalue weighted by Gasteiger charge is 2.39. The molecule has 0 unspecified atom stereocenters. The first kappa shape index (κ1) is 12.7. The molecule has 1 aromatic carbocycles. The van der Waals surface area contributed by atoms with Crippen molar-refractivity contribution in [1.29, 1.82) is 0 Å². The molecule has 1 N–H and O–H groups in total. The molecule has 2 heteroatoms. The minimum absolute atomic E-state index is 0.0182. The van der Waals surface area contributed by atoms with Gasteiger partial charge in [0.05, 0.1) is 0 Å². The molecule has 0 fully saturated rings. The van der Waals surface area contributed by atoms with Crippen molar-refractivity contribution in [3.63, 3.8) is 0 Å². The van der Waals surface area contributed by atoms with Crippen molar-refractivity contribution in [2.75, 3.05) is 0 Å². The van der Waals surface area contributed by atoms with Crippen molar-refractivity contribution in [3.05, 3.63) is 39.4 Å². The Labute approximate surface area is 112 Å². The Balaban J connectivity index is 2.52. The van der Waals surface area contributed by atoms with E-state index in [2.05, 4.69) is 48.8 Å². The van der Waals surface area contributed by atoms with E-state index in [-0.39, 0.29) is 5.41 Å². The maximum Gasteiger partial charge on any atom is 0.119 e. The van der Waals surface area contributed by atoms with Crippen LogP contribution in [0.1, 0.15) is 38.3 Å². The van der Waals surface area contributed by atoms with Gasteiger partial charge < -0.3 is 5.11 Å². The summed E-state index contributed by atoms with van der Waals surface area (Å²) in [5.74, 6) is 0.895. The summed E-state index contributed by atoms with van der Waals surface area (Å²) in [5, 5.41) is 10.2. The molecule has 1 nitrogen and oxygen atoms in total. The summed E-state index contributed by atoms with van der Waals surface area (Å²) in [6.45, 7) is 8.65. The zero-order chi connectivity index (χ0) is 12.8. The Bertz CT molecular complexity index is 490. The van der Waals surface area contributed by atoms with Gasteiger partial charge in [0.1, 0.15) is 5.75 Å². The molecule has 1 aliphatic carbocycles. The van der Waals surface area contributed by atoms with Crippen LogP contribution in [0.25, 0.3) is 0 Å². The summed E-state index contributed by atoms with van der Waals surface area (Å²) >= 11 is 3.56. The van der Waals surface area contributed by atoms with E-state index in [4.69, 9.17) is 0 Å². The van der Waals surface area contributed by atoms with Gasteiger partial charge in [0.2, 0.25) is 0 Å². The van der Waals surface area contributed by atoms with Crippen LogP contribution < -0.4 is 0 Å². The second kappa shape index (κ2) is 4.16. The number of hydrogen-bond donors (Lipinski definition) is 1. The van der Waals surface area contributed by atoms with Crippen LogP contribution in [0.3, 0.4) is 0 Å². The van der Waals surface area contributed by atoms with E-state index in [0.29, 0.717) is 11.7 Å². The summed E-state index contributed by atoms with van der Waals surface area (Å²) < 4.78 is 1.07. The Kier molecular flexibility index (Phi) is 3.11. The average molecular weight is 295 g/mol. The fourth-order valence-corrected chi connectivity index (χ4v) is 3.04. The van der Waals surface area contributed by atoms with Gasteiger partial charge in [-0.2, -0.15) is 0 Å². The number of halogens is 1. The average Bonchev–Trinajstić information content (AvgIpc) is 2.53. The number of allylic oxidation sites excluding steroid dienone is 2. The lowest BCUT2D eigenvalue weighted by atomic mass is 9.72. The van der Waals surface area contributed by atoms with Crippen LogP contribution >= 0.6 is 15.9 Å². The van der Waals surface area contributed by atoms with Crippen molar-refractivity contribution < 1.29 is 5.11 Å². The predicted octanol–water partition coefficient (Wildman–Crippen LogP) is 4.71. The predicted molar refractivity (Wildman–Crippen MR) is 75.4 cm³/mol. The van der Waals surface area contributed by atoms with E-state index in [1.807, 2.05) is 13.0 Å². The van der Waals surface area contributed by atoms with Crippen molar-refractivity contribution in [1.82, 2.24) is 0 Å². The maximum atomic E-state index is 10.2. The normalized spacial score (nSPS) is 28.3. The van der Waals surface area contributed by atoms with Gasteiger partial charge in [-0.25, -0.2) is 0 Å². The standard InChI is InChI=1S/C15H19BrO/c1-9-5-6-15(4,11(9)3)12-8-13(16)10(2)7-14(12)17/h5,7-8,11,17H,6H2,1-4H3/t11-,15+/m1/s1. The number of aryl methyl sites for hydroxylation is 1. The van der Waals surface area contributed by atoms with Crippen molar-refractivity contribution in [3.8, 4) is 5.75 Å². The zero-order valence-corrected chi connectivity index (χ0v) is 12.4. The largest absolute Gasteiger partial charge is 0.508 e. The maximum absolute atomic E-state index is 10.2. The van der Waals surface area contributed by atoms with Crippen LogP contribution in [0, 0.1) is 12.8 Å². The number of phenols is 1. The minimum atomic E-state index is 0.0182. The SMILES string of the molecule is CC1=CC[C@](C)(c2cc(Br)c(C)cc2O)[C@@H]1C. The van der Waals surface area contributed by atoms with Gasteiger partial charge >= 0.3 is 0 Å². The van der Waals surface area contributed by atoms with Gasteiger partial charge in [-0.3, -0.25) is 0 Å². The zero-order valence-electron chi connectivity index (χ0n) is 10.8. The summed E-state index contributed by atoms with van der Waals surface area (Å²) in [5.41, 5.74) is 3.56. The second-order valence-electron chi connectivity index (χ2n) is 5.41. The summed E-state index contributed by atoms with van der Waals surface area (Å²) in [4.78, 5) is 0. The third-order valence-corrected chi connectivity index (χ3v) is 5.23. The molecule has 2 atom stereocenters. The molecule has 0 amide bonds. The van der Waals surface area contributed by atoms with E-state index >= 15 is 0 Å². The van der Waals surface area contributed by atoms with E-state index in [0.717, 1.165) is 22.0 Å². The highest BCUT2D eigenvalue weighted by molar-refractivity contribution is 9.10. The Morgan fingerprint density at radius 3 is 2.53 bits per heavy atom. The highest BCUT2D eigenvalue weighted by Crippen LogP contribution is 2.48. The van der Waals surface area contributed by atoms with Gasteiger partial charge in [0, 0.05) is 15.5 Å². The summed E-state index contributed by atoms with van der Waals surface area (Å²) in [7, 11) is 0. The van der Waals surface area contributed by atoms with Gasteiger partial charge in [-0.1, -0.05) is 41.4 Å². The lowest BCUT2D eigenvalue weighted by Gasteiger charge is -2.32. The molecule has 0 aliphatic heterocycles. The third-order valence-electron chi connectivity index (χ3n) is 4.38. The van der Waals surface area contributed by atoms with E-state index in [9.17, 15) is 5.11 Å². The molecule has 0 spiro atoms. The van der Waals surface area contributed by atoms with Gasteiger partial charge in [-0.05, 0) is 43.9 Å². The van der Waals surface area contributed by atoms with Crippen molar-refractivity contribution >= 4 is 15.9 Å². The van der Waals surface area contributed by atoms with E-state index in [1.165, 1.54) is 5.57 Å². The fraction of sp³-hybridized carbons (Fsp3) is 0.467. The lowest BCUT2D eigenvalue weighted by Crippen LogP contribution is -2.26. The first-order chi connectivity index (χ1) is 7.86. The number of benzene rings is 1. The smallest absolute Gasteiger partial charge is 0.119 e. The van der Waals surface area contributed by atoms with Crippen LogP contribution in [0.2, 0.25) is 0 Å². The quantitative estimate of drug-likeness (QED) is 0.744. The van der Waals surface area contributed by atoms with Crippen molar-refractivity contribution in [2.24, 2.45) is 5.92 Å². The molecule has 0 aromatic heterocycles. The molecule has 2 rings (SSSR count). The molecule has 1 aliphatic rings. The Hall–Kier alpha value is -0.760. The fourth-order valence-electron chi connectivity index (χ4n) is 2.70. The molecule has 17 heavy (non-hydrogen) atoms. The molecule has 0 bridgehead atoms. The highest BCUT2D eigenvalue weighted by atomic mass is 79.9. The topological polar surface area (TPSA) is 20.2 Å². The van der Waals surface area contributed by atoms with Gasteiger partial charge in [0.15, 0.2) is 0 Å². The minimum Gasteiger partial charge on any atom is -0.508 e. The van der Waals surface area contributed by atoms with Crippen LogP contribution in [-0.4, -0.2) is 5.11 Å². The van der Waals surface area contributed by atoms with E-state index < -0.39 is 0 Å². The van der Waals surface area contributed by atoms with Crippen LogP contribution in [0.5, 0.6) is 5.75 Å². The van der Waals surface area contributed by atoms with Crippen LogP contribution in [0.4, 0.5) is 0 Å². The van der Waals surface area contributed by atoms with Crippen LogP contribution in [0.15, 0.2) is 28.3 Å². The van der Waals surface area contributed by atoms with Gasteiger partial charge in [0.25, 0.3) is 0 Å². The van der Waals surface area contributed by atoms with Gasteiger partial charge in [-0.15, -0.1) is 0 Å². The molecule has 1 aromatic rings. The molecular formula is C15H19BrO. The van der Waals surface area contributed by atoms with Crippen LogP contribution in [-0.2, 0) is 5.41 Å². The summed E-state index contributed by atoms with van der Waals surface area (Å²) in [6, 6.07) is 3.93. The first-order valence-electron chi connectivity index (χ1n) is 6.02.